The number of allylic oxidation sites excluding steroid dienone is 1. The van der Waals surface area contributed by atoms with Crippen LogP contribution in [0.5, 0.6) is 0 Å². The highest BCUT2D eigenvalue weighted by Crippen LogP contribution is 2.12. The molecule has 2 aromatic carbocycles. The molecule has 2 aromatic rings. The van der Waals surface area contributed by atoms with Crippen LogP contribution in [-0.2, 0) is 11.2 Å². The van der Waals surface area contributed by atoms with Crippen LogP contribution in [0.2, 0.25) is 5.02 Å². The van der Waals surface area contributed by atoms with Crippen molar-refractivity contribution in [1.29, 1.82) is 0 Å². The van der Waals surface area contributed by atoms with Crippen molar-refractivity contribution in [1.82, 2.24) is 0 Å². The molecule has 0 radical (unpaired) electrons. The van der Waals surface area contributed by atoms with Gasteiger partial charge in [0.1, 0.15) is 0 Å². The minimum atomic E-state index is -0.803. The zero-order valence-electron chi connectivity index (χ0n) is 13.5. The lowest BCUT2D eigenvalue weighted by Crippen LogP contribution is -2.02. The third-order valence-electron chi connectivity index (χ3n) is 3.62. The van der Waals surface area contributed by atoms with E-state index in [4.69, 9.17) is 16.7 Å². The van der Waals surface area contributed by atoms with Crippen LogP contribution in [0.4, 0.5) is 5.69 Å². The van der Waals surface area contributed by atoms with Crippen LogP contribution in [0.1, 0.15) is 30.4 Å². The Labute approximate surface area is 148 Å². The van der Waals surface area contributed by atoms with Crippen molar-refractivity contribution < 1.29 is 9.90 Å². The van der Waals surface area contributed by atoms with E-state index < -0.39 is 5.97 Å². The minimum absolute atomic E-state index is 0.0697. The van der Waals surface area contributed by atoms with Crippen LogP contribution < -0.4 is 5.32 Å². The van der Waals surface area contributed by atoms with E-state index in [0.29, 0.717) is 0 Å². The monoisotopic (exact) mass is 343 g/mol. The van der Waals surface area contributed by atoms with Crippen LogP contribution in [-0.4, -0.2) is 17.6 Å². The summed E-state index contributed by atoms with van der Waals surface area (Å²) in [7, 11) is 0. The van der Waals surface area contributed by atoms with Crippen LogP contribution in [0, 0.1) is 0 Å². The first kappa shape index (κ1) is 18.1. The topological polar surface area (TPSA) is 49.3 Å². The Morgan fingerprint density at radius 2 is 1.75 bits per heavy atom. The zero-order chi connectivity index (χ0) is 17.2. The van der Waals surface area contributed by atoms with Gasteiger partial charge < -0.3 is 10.4 Å². The van der Waals surface area contributed by atoms with Gasteiger partial charge >= 0.3 is 5.97 Å². The van der Waals surface area contributed by atoms with Gasteiger partial charge in [0, 0.05) is 17.3 Å². The molecule has 0 aliphatic carbocycles. The van der Waals surface area contributed by atoms with Crippen molar-refractivity contribution in [3.63, 3.8) is 0 Å². The maximum Gasteiger partial charge on any atom is 0.307 e. The fourth-order valence-corrected chi connectivity index (χ4v) is 2.45. The van der Waals surface area contributed by atoms with Crippen LogP contribution in [0.25, 0.3) is 6.08 Å². The third kappa shape index (κ3) is 6.88. The number of unbranched alkanes of at least 4 members (excludes halogenated alkanes) is 2. The Morgan fingerprint density at radius 3 is 2.42 bits per heavy atom. The average molecular weight is 344 g/mol. The quantitative estimate of drug-likeness (QED) is 0.610. The van der Waals surface area contributed by atoms with Gasteiger partial charge in [0.2, 0.25) is 0 Å². The highest BCUT2D eigenvalue weighted by atomic mass is 35.5. The third-order valence-corrected chi connectivity index (χ3v) is 3.87. The van der Waals surface area contributed by atoms with E-state index in [9.17, 15) is 4.79 Å². The molecule has 4 heteroatoms. The summed E-state index contributed by atoms with van der Waals surface area (Å²) < 4.78 is 0. The lowest BCUT2D eigenvalue weighted by atomic mass is 10.1. The Bertz CT molecular complexity index is 663. The highest BCUT2D eigenvalue weighted by molar-refractivity contribution is 6.30. The Hall–Kier alpha value is -2.26. The number of hydrogen-bond donors (Lipinski definition) is 2. The van der Waals surface area contributed by atoms with E-state index in [1.54, 1.807) is 0 Å². The number of carbonyl (C=O) groups is 1. The van der Waals surface area contributed by atoms with Gasteiger partial charge in [-0.25, -0.2) is 0 Å². The van der Waals surface area contributed by atoms with E-state index in [2.05, 4.69) is 17.5 Å². The van der Waals surface area contributed by atoms with Gasteiger partial charge in [0.25, 0.3) is 0 Å². The summed E-state index contributed by atoms with van der Waals surface area (Å²) in [5.74, 6) is -0.803. The lowest BCUT2D eigenvalue weighted by Gasteiger charge is -2.06. The van der Waals surface area contributed by atoms with Crippen molar-refractivity contribution in [2.24, 2.45) is 0 Å². The van der Waals surface area contributed by atoms with E-state index >= 15 is 0 Å². The number of carboxylic acids is 1. The molecule has 0 unspecified atom stereocenters. The molecule has 24 heavy (non-hydrogen) atoms. The van der Waals surface area contributed by atoms with Gasteiger partial charge in [0.05, 0.1) is 6.42 Å². The maximum absolute atomic E-state index is 10.6. The Morgan fingerprint density at radius 1 is 1.04 bits per heavy atom. The second kappa shape index (κ2) is 9.78. The van der Waals surface area contributed by atoms with Gasteiger partial charge in [-0.05, 0) is 54.7 Å². The normalized spacial score (nSPS) is 10.9. The second-order valence-corrected chi connectivity index (χ2v) is 6.08. The van der Waals surface area contributed by atoms with Crippen molar-refractivity contribution in [3.8, 4) is 0 Å². The molecule has 2 N–H and O–H groups in total. The van der Waals surface area contributed by atoms with Gasteiger partial charge in [-0.15, -0.1) is 0 Å². The fraction of sp³-hybridized carbons (Fsp3) is 0.250. The van der Waals surface area contributed by atoms with E-state index in [1.165, 1.54) is 5.56 Å². The molecule has 2 rings (SSSR count). The molecule has 0 amide bonds. The van der Waals surface area contributed by atoms with E-state index in [-0.39, 0.29) is 6.42 Å². The van der Waals surface area contributed by atoms with Crippen molar-refractivity contribution in [3.05, 3.63) is 70.8 Å². The molecule has 0 bridgehead atoms. The summed E-state index contributed by atoms with van der Waals surface area (Å²) >= 11 is 5.85. The van der Waals surface area contributed by atoms with Gasteiger partial charge in [-0.3, -0.25) is 4.79 Å². The average Bonchev–Trinajstić information content (AvgIpc) is 2.56. The number of carboxylic acid groups (broad SMARTS) is 1. The molecule has 0 spiro atoms. The van der Waals surface area contributed by atoms with Gasteiger partial charge in [-0.1, -0.05) is 48.0 Å². The molecule has 0 saturated heterocycles. The van der Waals surface area contributed by atoms with Gasteiger partial charge in [-0.2, -0.15) is 0 Å². The fourth-order valence-electron chi connectivity index (χ4n) is 2.33. The maximum atomic E-state index is 10.6. The van der Waals surface area contributed by atoms with Crippen LogP contribution in [0.3, 0.4) is 0 Å². The molecular formula is C20H22ClNO2. The number of anilines is 1. The Kier molecular flexibility index (Phi) is 7.37. The van der Waals surface area contributed by atoms with E-state index in [1.807, 2.05) is 48.5 Å². The SMILES string of the molecule is O=C(O)Cc1ccc(NCCCCC=Cc2ccc(Cl)cc2)cc1. The summed E-state index contributed by atoms with van der Waals surface area (Å²) in [5, 5.41) is 12.9. The molecular weight excluding hydrogens is 322 g/mol. The zero-order valence-corrected chi connectivity index (χ0v) is 14.3. The molecule has 0 aliphatic heterocycles. The highest BCUT2D eigenvalue weighted by Gasteiger charge is 1.99. The summed E-state index contributed by atoms with van der Waals surface area (Å²) in [6.07, 6.45) is 7.62. The summed E-state index contributed by atoms with van der Waals surface area (Å²) in [6.45, 7) is 0.910. The first-order chi connectivity index (χ1) is 11.6. The van der Waals surface area contributed by atoms with Crippen LogP contribution >= 0.6 is 11.6 Å². The standard InChI is InChI=1S/C20H22ClNO2/c21-18-10-6-16(7-11-18)5-3-1-2-4-14-22-19-12-8-17(9-13-19)15-20(23)24/h3,5-13,22H,1-2,4,14-15H2,(H,23,24). The smallest absolute Gasteiger partial charge is 0.307 e. The van der Waals surface area contributed by atoms with E-state index in [0.717, 1.165) is 42.1 Å². The molecule has 0 aliphatic rings. The summed E-state index contributed by atoms with van der Waals surface area (Å²) in [4.78, 5) is 10.6. The second-order valence-electron chi connectivity index (χ2n) is 5.64. The first-order valence-corrected chi connectivity index (χ1v) is 8.48. The number of benzene rings is 2. The van der Waals surface area contributed by atoms with Crippen molar-refractivity contribution >= 4 is 29.3 Å². The number of nitrogens with one attached hydrogen (secondary N) is 1. The number of aliphatic carboxylic acids is 1. The van der Waals surface area contributed by atoms with Crippen molar-refractivity contribution in [2.45, 2.75) is 25.7 Å². The molecule has 0 saturated carbocycles. The van der Waals surface area contributed by atoms with Crippen LogP contribution in [0.15, 0.2) is 54.6 Å². The molecule has 0 fully saturated rings. The molecule has 3 nitrogen and oxygen atoms in total. The number of halogens is 1. The molecule has 126 valence electrons. The molecule has 0 atom stereocenters. The largest absolute Gasteiger partial charge is 0.481 e. The molecule has 0 heterocycles. The summed E-state index contributed by atoms with van der Waals surface area (Å²) in [5.41, 5.74) is 3.01. The predicted octanol–water partition coefficient (Wildman–Crippen LogP) is 5.26. The summed E-state index contributed by atoms with van der Waals surface area (Å²) in [6, 6.07) is 15.4. The number of rotatable bonds is 9. The molecule has 0 aromatic heterocycles. The predicted molar refractivity (Wildman–Crippen MR) is 101 cm³/mol. The van der Waals surface area contributed by atoms with Gasteiger partial charge in [0.15, 0.2) is 0 Å². The lowest BCUT2D eigenvalue weighted by molar-refractivity contribution is -0.136. The Balaban J connectivity index is 1.61. The number of hydrogen-bond acceptors (Lipinski definition) is 2. The minimum Gasteiger partial charge on any atom is -0.481 e. The first-order valence-electron chi connectivity index (χ1n) is 8.10. The van der Waals surface area contributed by atoms with Crippen molar-refractivity contribution in [2.75, 3.05) is 11.9 Å².